The van der Waals surface area contributed by atoms with Gasteiger partial charge in [-0.3, -0.25) is 4.79 Å². The van der Waals surface area contributed by atoms with Crippen LogP contribution in [0.2, 0.25) is 5.02 Å². The average Bonchev–Trinajstić information content (AvgIpc) is 2.87. The molecule has 0 saturated carbocycles. The predicted octanol–water partition coefficient (Wildman–Crippen LogP) is 5.01. The maximum atomic E-state index is 13.6. The van der Waals surface area contributed by atoms with Gasteiger partial charge >= 0.3 is 0 Å². The highest BCUT2D eigenvalue weighted by molar-refractivity contribution is 6.31. The lowest BCUT2D eigenvalue weighted by atomic mass is 10.0. The molecule has 0 aliphatic carbocycles. The van der Waals surface area contributed by atoms with Crippen molar-refractivity contribution < 1.29 is 23.8 Å². The molecule has 1 heterocycles. The number of amides is 1. The Kier molecular flexibility index (Phi) is 8.56. The molecule has 4 rings (SSSR count). The summed E-state index contributed by atoms with van der Waals surface area (Å²) in [5.41, 5.74) is 8.77. The number of pyridine rings is 1. The van der Waals surface area contributed by atoms with Gasteiger partial charge in [-0.1, -0.05) is 42.8 Å². The van der Waals surface area contributed by atoms with E-state index < -0.39 is 29.7 Å². The second kappa shape index (κ2) is 11.9. The molecular formula is C29H28ClF2N3O3. The lowest BCUT2D eigenvalue weighted by Crippen LogP contribution is -2.46. The molecule has 6 nitrogen and oxygen atoms in total. The summed E-state index contributed by atoms with van der Waals surface area (Å²) in [6, 6.07) is 15.9. The highest BCUT2D eigenvalue weighted by Crippen LogP contribution is 2.28. The SMILES string of the molecule is CCc1cccc(CN(C[C@@H](O)[C@@H](N)Cc2cc(F)cc(F)c2)C(=O)c2cc(O)c3cc(Cl)ccc3n2)c1. The molecule has 0 aliphatic rings. The van der Waals surface area contributed by atoms with Crippen molar-refractivity contribution in [2.45, 2.75) is 38.5 Å². The summed E-state index contributed by atoms with van der Waals surface area (Å²) >= 11 is 6.03. The Morgan fingerprint density at radius 2 is 1.74 bits per heavy atom. The van der Waals surface area contributed by atoms with Crippen LogP contribution in [0.1, 0.15) is 34.1 Å². The molecule has 198 valence electrons. The first-order chi connectivity index (χ1) is 18.1. The molecule has 0 saturated heterocycles. The van der Waals surface area contributed by atoms with Gasteiger partial charge in [0.15, 0.2) is 0 Å². The summed E-state index contributed by atoms with van der Waals surface area (Å²) in [5, 5.41) is 22.3. The van der Waals surface area contributed by atoms with Gasteiger partial charge < -0.3 is 20.8 Å². The van der Waals surface area contributed by atoms with Crippen molar-refractivity contribution in [3.8, 4) is 5.75 Å². The van der Waals surface area contributed by atoms with Gasteiger partial charge in [0, 0.05) is 41.7 Å². The van der Waals surface area contributed by atoms with E-state index in [4.69, 9.17) is 17.3 Å². The summed E-state index contributed by atoms with van der Waals surface area (Å²) in [4.78, 5) is 19.5. The zero-order valence-corrected chi connectivity index (χ0v) is 21.5. The van der Waals surface area contributed by atoms with Crippen LogP contribution < -0.4 is 5.73 Å². The topological polar surface area (TPSA) is 99.7 Å². The van der Waals surface area contributed by atoms with Gasteiger partial charge in [0.25, 0.3) is 5.91 Å². The van der Waals surface area contributed by atoms with E-state index >= 15 is 0 Å². The quantitative estimate of drug-likeness (QED) is 0.278. The van der Waals surface area contributed by atoms with Crippen LogP contribution in [0.25, 0.3) is 10.9 Å². The maximum absolute atomic E-state index is 13.6. The van der Waals surface area contributed by atoms with Gasteiger partial charge in [0.2, 0.25) is 0 Å². The molecule has 0 aliphatic heterocycles. The molecule has 4 N–H and O–H groups in total. The van der Waals surface area contributed by atoms with Crippen molar-refractivity contribution in [2.24, 2.45) is 5.73 Å². The Morgan fingerprint density at radius 3 is 2.45 bits per heavy atom. The van der Waals surface area contributed by atoms with Crippen LogP contribution in [0.3, 0.4) is 0 Å². The molecule has 1 amide bonds. The van der Waals surface area contributed by atoms with Gasteiger partial charge in [0.05, 0.1) is 11.6 Å². The van der Waals surface area contributed by atoms with Crippen LogP contribution in [-0.2, 0) is 19.4 Å². The fraction of sp³-hybridized carbons (Fsp3) is 0.241. The van der Waals surface area contributed by atoms with Crippen molar-refractivity contribution in [1.29, 1.82) is 0 Å². The van der Waals surface area contributed by atoms with Crippen molar-refractivity contribution in [2.75, 3.05) is 6.54 Å². The van der Waals surface area contributed by atoms with E-state index in [-0.39, 0.29) is 31.0 Å². The first kappa shape index (κ1) is 27.4. The second-order valence-corrected chi connectivity index (χ2v) is 9.70. The van der Waals surface area contributed by atoms with Gasteiger partial charge in [-0.25, -0.2) is 13.8 Å². The van der Waals surface area contributed by atoms with Crippen LogP contribution in [0.15, 0.2) is 66.7 Å². The third kappa shape index (κ3) is 6.64. The first-order valence-electron chi connectivity index (χ1n) is 12.2. The van der Waals surface area contributed by atoms with Crippen molar-refractivity contribution >= 4 is 28.4 Å². The normalized spacial score (nSPS) is 12.9. The lowest BCUT2D eigenvalue weighted by molar-refractivity contribution is 0.0549. The third-order valence-electron chi connectivity index (χ3n) is 6.32. The highest BCUT2D eigenvalue weighted by Gasteiger charge is 2.25. The van der Waals surface area contributed by atoms with Crippen LogP contribution in [0.4, 0.5) is 8.78 Å². The summed E-state index contributed by atoms with van der Waals surface area (Å²) in [5.74, 6) is -2.16. The molecule has 0 spiro atoms. The number of hydrogen-bond acceptors (Lipinski definition) is 5. The van der Waals surface area contributed by atoms with E-state index in [1.807, 2.05) is 31.2 Å². The molecule has 4 aromatic rings. The summed E-state index contributed by atoms with van der Waals surface area (Å²) in [6.45, 7) is 2.00. The minimum Gasteiger partial charge on any atom is -0.507 e. The minimum absolute atomic E-state index is 0.00102. The molecule has 2 atom stereocenters. The van der Waals surface area contributed by atoms with E-state index in [1.54, 1.807) is 18.2 Å². The van der Waals surface area contributed by atoms with Crippen LogP contribution in [0.5, 0.6) is 5.75 Å². The molecule has 38 heavy (non-hydrogen) atoms. The first-order valence-corrected chi connectivity index (χ1v) is 12.6. The number of carbonyl (C=O) groups excluding carboxylic acids is 1. The molecule has 0 unspecified atom stereocenters. The number of aromatic hydroxyl groups is 1. The second-order valence-electron chi connectivity index (χ2n) is 9.26. The van der Waals surface area contributed by atoms with Crippen molar-refractivity contribution in [3.63, 3.8) is 0 Å². The van der Waals surface area contributed by atoms with E-state index in [1.165, 1.54) is 11.0 Å². The molecule has 3 aromatic carbocycles. The van der Waals surface area contributed by atoms with Crippen LogP contribution in [0, 0.1) is 11.6 Å². The smallest absolute Gasteiger partial charge is 0.273 e. The molecule has 0 fully saturated rings. The number of nitrogens with two attached hydrogens (primary N) is 1. The fourth-order valence-electron chi connectivity index (χ4n) is 4.34. The number of carbonyl (C=O) groups is 1. The van der Waals surface area contributed by atoms with Gasteiger partial charge in [-0.2, -0.15) is 0 Å². The maximum Gasteiger partial charge on any atom is 0.273 e. The lowest BCUT2D eigenvalue weighted by Gasteiger charge is -2.28. The Bertz CT molecular complexity index is 1450. The summed E-state index contributed by atoms with van der Waals surface area (Å²) in [7, 11) is 0. The predicted molar refractivity (Wildman–Crippen MR) is 143 cm³/mol. The number of fused-ring (bicyclic) bond motifs is 1. The number of halogens is 3. The molecule has 0 radical (unpaired) electrons. The standard InChI is InChI=1S/C29H28ClF2N3O3/c1-2-17-4-3-5-18(8-17)15-35(16-28(37)24(33)11-19-9-21(31)13-22(32)10-19)29(38)26-14-27(36)23-12-20(30)6-7-25(23)34-26/h3-10,12-14,24,28,37H,2,11,15-16,33H2,1H3,(H,34,36)/t24-,28+/m0/s1. The van der Waals surface area contributed by atoms with E-state index in [0.717, 1.165) is 35.7 Å². The van der Waals surface area contributed by atoms with Gasteiger partial charge in [-0.15, -0.1) is 0 Å². The molecule has 9 heteroatoms. The summed E-state index contributed by atoms with van der Waals surface area (Å²) < 4.78 is 27.2. The van der Waals surface area contributed by atoms with E-state index in [9.17, 15) is 23.8 Å². The molecule has 0 bridgehead atoms. The van der Waals surface area contributed by atoms with E-state index in [0.29, 0.717) is 21.5 Å². The number of nitrogens with zero attached hydrogens (tertiary/aromatic N) is 2. The number of rotatable bonds is 9. The zero-order valence-electron chi connectivity index (χ0n) is 20.7. The number of aliphatic hydroxyl groups is 1. The third-order valence-corrected chi connectivity index (χ3v) is 6.56. The number of aliphatic hydroxyl groups excluding tert-OH is 1. The van der Waals surface area contributed by atoms with Gasteiger partial charge in [0.1, 0.15) is 23.1 Å². The van der Waals surface area contributed by atoms with Crippen LogP contribution in [-0.4, -0.2) is 44.7 Å². The van der Waals surface area contributed by atoms with Gasteiger partial charge in [-0.05, 0) is 59.9 Å². The Morgan fingerprint density at radius 1 is 1.03 bits per heavy atom. The highest BCUT2D eigenvalue weighted by atomic mass is 35.5. The number of aryl methyl sites for hydroxylation is 1. The number of benzene rings is 3. The van der Waals surface area contributed by atoms with Crippen molar-refractivity contribution in [1.82, 2.24) is 9.88 Å². The fourth-order valence-corrected chi connectivity index (χ4v) is 4.51. The Balaban J connectivity index is 1.62. The Hall–Kier alpha value is -3.59. The monoisotopic (exact) mass is 539 g/mol. The number of aromatic nitrogens is 1. The number of hydrogen-bond donors (Lipinski definition) is 3. The molecule has 1 aromatic heterocycles. The minimum atomic E-state index is -1.22. The zero-order chi connectivity index (χ0) is 27.4. The largest absolute Gasteiger partial charge is 0.507 e. The van der Waals surface area contributed by atoms with E-state index in [2.05, 4.69) is 4.98 Å². The molecular weight excluding hydrogens is 512 g/mol. The average molecular weight is 540 g/mol. The van der Waals surface area contributed by atoms with Crippen LogP contribution >= 0.6 is 11.6 Å². The van der Waals surface area contributed by atoms with Crippen molar-refractivity contribution in [3.05, 3.63) is 106 Å². The Labute approximate surface area is 224 Å². The summed E-state index contributed by atoms with van der Waals surface area (Å²) in [6.07, 6.45) is -0.409.